The quantitative estimate of drug-likeness (QED) is 0.749. The van der Waals surface area contributed by atoms with Crippen molar-refractivity contribution in [1.29, 1.82) is 0 Å². The number of aromatic nitrogens is 2. The number of hydrogen-bond donors (Lipinski definition) is 0. The minimum absolute atomic E-state index is 0.669. The van der Waals surface area contributed by atoms with Crippen molar-refractivity contribution in [3.05, 3.63) is 15.9 Å². The van der Waals surface area contributed by atoms with E-state index in [1.54, 1.807) is 0 Å². The van der Waals surface area contributed by atoms with Gasteiger partial charge in [-0.1, -0.05) is 19.3 Å². The smallest absolute Gasteiger partial charge is 0.0896 e. The predicted molar refractivity (Wildman–Crippen MR) is 72.0 cm³/mol. The molecule has 0 atom stereocenters. The van der Waals surface area contributed by atoms with E-state index in [0.29, 0.717) is 6.61 Å². The predicted octanol–water partition coefficient (Wildman–Crippen LogP) is 3.68. The zero-order chi connectivity index (χ0) is 12.3. The van der Waals surface area contributed by atoms with E-state index < -0.39 is 0 Å². The van der Waals surface area contributed by atoms with E-state index >= 15 is 0 Å². The highest BCUT2D eigenvalue weighted by Gasteiger charge is 2.17. The number of ether oxygens (including phenoxy) is 1. The topological polar surface area (TPSA) is 27.1 Å². The van der Waals surface area contributed by atoms with Gasteiger partial charge < -0.3 is 4.74 Å². The fourth-order valence-corrected chi connectivity index (χ4v) is 2.61. The summed E-state index contributed by atoms with van der Waals surface area (Å²) in [6.07, 6.45) is 5.44. The van der Waals surface area contributed by atoms with Gasteiger partial charge >= 0.3 is 0 Å². The first-order valence-corrected chi connectivity index (χ1v) is 7.31. The third-order valence-electron chi connectivity index (χ3n) is 3.59. The number of aryl methyl sites for hydroxylation is 2. The molecule has 96 valence electrons. The van der Waals surface area contributed by atoms with Crippen LogP contribution in [0.2, 0.25) is 0 Å². The summed E-state index contributed by atoms with van der Waals surface area (Å²) in [5, 5.41) is 4.46. The highest BCUT2D eigenvalue weighted by atomic mass is 79.9. The molecule has 1 aromatic heterocycles. The molecule has 0 aliphatic heterocycles. The molecule has 17 heavy (non-hydrogen) atoms. The van der Waals surface area contributed by atoms with E-state index in [1.807, 2.05) is 11.6 Å². The molecule has 0 unspecified atom stereocenters. The van der Waals surface area contributed by atoms with Crippen molar-refractivity contribution in [3.8, 4) is 0 Å². The molecular formula is C13H21BrN2O. The molecule has 4 heteroatoms. The average Bonchev–Trinajstić information content (AvgIpc) is 2.53. The van der Waals surface area contributed by atoms with E-state index in [4.69, 9.17) is 4.74 Å². The highest BCUT2D eigenvalue weighted by molar-refractivity contribution is 9.10. The Morgan fingerprint density at radius 2 is 2.24 bits per heavy atom. The van der Waals surface area contributed by atoms with Gasteiger partial charge in [0, 0.05) is 13.2 Å². The summed E-state index contributed by atoms with van der Waals surface area (Å²) >= 11 is 3.58. The van der Waals surface area contributed by atoms with Crippen molar-refractivity contribution in [2.24, 2.45) is 5.92 Å². The maximum absolute atomic E-state index is 5.77. The molecular weight excluding hydrogens is 280 g/mol. The summed E-state index contributed by atoms with van der Waals surface area (Å²) in [5.74, 6) is 0.927. The van der Waals surface area contributed by atoms with Crippen LogP contribution < -0.4 is 0 Å². The van der Waals surface area contributed by atoms with Gasteiger partial charge in [0.2, 0.25) is 0 Å². The minimum Gasteiger partial charge on any atom is -0.375 e. The Labute approximate surface area is 112 Å². The maximum Gasteiger partial charge on any atom is 0.0896 e. The first kappa shape index (κ1) is 13.1. The molecule has 1 aromatic rings. The van der Waals surface area contributed by atoms with Crippen molar-refractivity contribution in [2.45, 2.75) is 52.7 Å². The van der Waals surface area contributed by atoms with Crippen LogP contribution in [0.3, 0.4) is 0 Å². The molecule has 0 aromatic carbocycles. The maximum atomic E-state index is 5.77. The van der Waals surface area contributed by atoms with Gasteiger partial charge in [0.25, 0.3) is 0 Å². The Balaban J connectivity index is 1.80. The zero-order valence-corrected chi connectivity index (χ0v) is 12.3. The molecule has 1 fully saturated rings. The zero-order valence-electron chi connectivity index (χ0n) is 10.7. The van der Waals surface area contributed by atoms with Crippen molar-refractivity contribution in [3.63, 3.8) is 0 Å². The van der Waals surface area contributed by atoms with Crippen LogP contribution in [0, 0.1) is 12.8 Å². The van der Waals surface area contributed by atoms with E-state index in [-0.39, 0.29) is 0 Å². The molecule has 0 bridgehead atoms. The third-order valence-corrected chi connectivity index (χ3v) is 4.62. The van der Waals surface area contributed by atoms with Crippen LogP contribution in [0.1, 0.15) is 44.0 Å². The monoisotopic (exact) mass is 300 g/mol. The Kier molecular flexibility index (Phi) is 4.62. The molecule has 0 amide bonds. The van der Waals surface area contributed by atoms with Gasteiger partial charge in [0.05, 0.1) is 22.5 Å². The van der Waals surface area contributed by atoms with E-state index in [9.17, 15) is 0 Å². The van der Waals surface area contributed by atoms with Crippen LogP contribution in [-0.4, -0.2) is 16.4 Å². The summed E-state index contributed by atoms with van der Waals surface area (Å²) in [5.41, 5.74) is 2.21. The van der Waals surface area contributed by atoms with Crippen LogP contribution in [0.15, 0.2) is 4.47 Å². The summed E-state index contributed by atoms with van der Waals surface area (Å²) in [6, 6.07) is 0. The van der Waals surface area contributed by atoms with Crippen LogP contribution in [0.4, 0.5) is 0 Å². The fourth-order valence-electron chi connectivity index (χ4n) is 2.21. The van der Waals surface area contributed by atoms with Crippen LogP contribution in [0.25, 0.3) is 0 Å². The third kappa shape index (κ3) is 3.10. The lowest BCUT2D eigenvalue weighted by molar-refractivity contribution is 0.0901. The second-order valence-corrected chi connectivity index (χ2v) is 5.59. The molecule has 0 radical (unpaired) electrons. The second kappa shape index (κ2) is 6.01. The van der Waals surface area contributed by atoms with Gasteiger partial charge in [0.15, 0.2) is 0 Å². The van der Waals surface area contributed by atoms with Gasteiger partial charge in [-0.05, 0) is 42.1 Å². The Morgan fingerprint density at radius 3 is 2.82 bits per heavy atom. The highest BCUT2D eigenvalue weighted by Crippen LogP contribution is 2.29. The standard InChI is InChI=1S/C13H21BrN2O/c1-3-16-12(13(14)10(2)15-16)9-17-8-7-11-5-4-6-11/h11H,3-9H2,1-2H3. The van der Waals surface area contributed by atoms with E-state index in [1.165, 1.54) is 31.4 Å². The molecule has 0 saturated heterocycles. The van der Waals surface area contributed by atoms with Crippen LogP contribution in [0.5, 0.6) is 0 Å². The van der Waals surface area contributed by atoms with E-state index in [0.717, 1.165) is 29.2 Å². The van der Waals surface area contributed by atoms with Gasteiger partial charge in [-0.15, -0.1) is 0 Å². The van der Waals surface area contributed by atoms with E-state index in [2.05, 4.69) is 28.0 Å². The largest absolute Gasteiger partial charge is 0.375 e. The summed E-state index contributed by atoms with van der Waals surface area (Å²) in [6.45, 7) is 6.58. The number of rotatable bonds is 6. The van der Waals surface area contributed by atoms with Crippen molar-refractivity contribution in [1.82, 2.24) is 9.78 Å². The summed E-state index contributed by atoms with van der Waals surface area (Å²) < 4.78 is 8.89. The Hall–Kier alpha value is -0.350. The lowest BCUT2D eigenvalue weighted by atomic mass is 9.83. The molecule has 1 aliphatic rings. The molecule has 1 saturated carbocycles. The lowest BCUT2D eigenvalue weighted by Crippen LogP contribution is -2.14. The number of nitrogens with zero attached hydrogens (tertiary/aromatic N) is 2. The molecule has 2 rings (SSSR count). The summed E-state index contributed by atoms with van der Waals surface area (Å²) in [4.78, 5) is 0. The first-order chi connectivity index (χ1) is 8.22. The number of halogens is 1. The molecule has 0 N–H and O–H groups in total. The Morgan fingerprint density at radius 1 is 1.47 bits per heavy atom. The molecule has 3 nitrogen and oxygen atoms in total. The molecule has 0 spiro atoms. The second-order valence-electron chi connectivity index (χ2n) is 4.80. The van der Waals surface area contributed by atoms with Gasteiger partial charge in [-0.3, -0.25) is 4.68 Å². The lowest BCUT2D eigenvalue weighted by Gasteiger charge is -2.24. The first-order valence-electron chi connectivity index (χ1n) is 6.52. The SMILES string of the molecule is CCn1nc(C)c(Br)c1COCCC1CCC1. The van der Waals surface area contributed by atoms with Crippen molar-refractivity contribution in [2.75, 3.05) is 6.61 Å². The number of hydrogen-bond acceptors (Lipinski definition) is 2. The van der Waals surface area contributed by atoms with Crippen LogP contribution >= 0.6 is 15.9 Å². The van der Waals surface area contributed by atoms with Gasteiger partial charge in [-0.2, -0.15) is 5.10 Å². The summed E-state index contributed by atoms with van der Waals surface area (Å²) in [7, 11) is 0. The molecule has 1 heterocycles. The van der Waals surface area contributed by atoms with Crippen molar-refractivity contribution >= 4 is 15.9 Å². The Bertz CT molecular complexity index is 372. The normalized spacial score (nSPS) is 16.2. The average molecular weight is 301 g/mol. The van der Waals surface area contributed by atoms with Gasteiger partial charge in [0.1, 0.15) is 0 Å². The van der Waals surface area contributed by atoms with Crippen LogP contribution in [-0.2, 0) is 17.9 Å². The van der Waals surface area contributed by atoms with Crippen molar-refractivity contribution < 1.29 is 4.74 Å². The van der Waals surface area contributed by atoms with Gasteiger partial charge in [-0.25, -0.2) is 0 Å². The fraction of sp³-hybridized carbons (Fsp3) is 0.769. The molecule has 1 aliphatic carbocycles. The minimum atomic E-state index is 0.669.